The lowest BCUT2D eigenvalue weighted by atomic mass is 10.1. The van der Waals surface area contributed by atoms with Crippen molar-refractivity contribution in [3.63, 3.8) is 0 Å². The maximum absolute atomic E-state index is 13.5. The number of aldehydes is 1. The van der Waals surface area contributed by atoms with Crippen LogP contribution in [-0.2, 0) is 0 Å². The number of rotatable bonds is 4. The van der Waals surface area contributed by atoms with E-state index >= 15 is 0 Å². The number of carbonyl (C=O) groups excluding carboxylic acids is 2. The summed E-state index contributed by atoms with van der Waals surface area (Å²) in [4.78, 5) is 21.9. The van der Waals surface area contributed by atoms with E-state index in [4.69, 9.17) is 4.74 Å². The lowest BCUT2D eigenvalue weighted by molar-refractivity contribution is 0.101. The second-order valence-corrected chi connectivity index (χ2v) is 3.31. The molecule has 5 heteroatoms. The summed E-state index contributed by atoms with van der Waals surface area (Å²) in [6.45, 7) is 0. The summed E-state index contributed by atoms with van der Waals surface area (Å²) in [5.74, 6) is -0.965. The first-order valence-electron chi connectivity index (χ1n) is 4.06. The average molecular weight is 275 g/mol. The van der Waals surface area contributed by atoms with Crippen LogP contribution in [0.5, 0.6) is 5.75 Å². The van der Waals surface area contributed by atoms with Gasteiger partial charge >= 0.3 is 0 Å². The van der Waals surface area contributed by atoms with Crippen molar-refractivity contribution >= 4 is 28.0 Å². The molecular formula is C10H8BrFO3. The van der Waals surface area contributed by atoms with Crippen LogP contribution in [0.1, 0.15) is 20.7 Å². The van der Waals surface area contributed by atoms with Gasteiger partial charge in [0.15, 0.2) is 12.1 Å². The molecule has 1 aromatic carbocycles. The van der Waals surface area contributed by atoms with Gasteiger partial charge < -0.3 is 4.74 Å². The summed E-state index contributed by atoms with van der Waals surface area (Å²) < 4.78 is 18.4. The average Bonchev–Trinajstić information content (AvgIpc) is 2.28. The van der Waals surface area contributed by atoms with E-state index in [0.717, 1.165) is 0 Å². The Morgan fingerprint density at radius 1 is 1.60 bits per heavy atom. The van der Waals surface area contributed by atoms with Crippen molar-refractivity contribution in [2.45, 2.75) is 0 Å². The van der Waals surface area contributed by atoms with Crippen molar-refractivity contribution in [3.05, 3.63) is 29.1 Å². The normalized spacial score (nSPS) is 9.80. The van der Waals surface area contributed by atoms with Crippen LogP contribution in [0, 0.1) is 5.82 Å². The predicted molar refractivity (Wildman–Crippen MR) is 56.5 cm³/mol. The zero-order valence-corrected chi connectivity index (χ0v) is 9.51. The van der Waals surface area contributed by atoms with Crippen molar-refractivity contribution in [1.29, 1.82) is 0 Å². The third-order valence-corrected chi connectivity index (χ3v) is 2.37. The standard InChI is InChI=1S/C10H8BrFO3/c1-15-7-2-6(5-13)10(12)8(3-7)9(14)4-11/h2-3,5H,4H2,1H3. The Morgan fingerprint density at radius 2 is 2.27 bits per heavy atom. The Balaban J connectivity index is 3.36. The summed E-state index contributed by atoms with van der Waals surface area (Å²) in [6, 6.07) is 2.51. The highest BCUT2D eigenvalue weighted by molar-refractivity contribution is 9.09. The molecule has 0 heterocycles. The smallest absolute Gasteiger partial charge is 0.176 e. The number of Topliss-reactive ketones (excluding diaryl/α,β-unsaturated/α-hetero) is 1. The molecule has 0 aromatic heterocycles. The number of alkyl halides is 1. The minimum Gasteiger partial charge on any atom is -0.497 e. The first kappa shape index (κ1) is 11.8. The maximum Gasteiger partial charge on any atom is 0.176 e. The van der Waals surface area contributed by atoms with Gasteiger partial charge in [-0.3, -0.25) is 9.59 Å². The molecule has 0 aliphatic heterocycles. The molecule has 0 aliphatic carbocycles. The number of halogens is 2. The molecule has 0 amide bonds. The van der Waals surface area contributed by atoms with Gasteiger partial charge in [0.1, 0.15) is 11.6 Å². The van der Waals surface area contributed by atoms with Crippen LogP contribution in [0.3, 0.4) is 0 Å². The quantitative estimate of drug-likeness (QED) is 0.480. The lowest BCUT2D eigenvalue weighted by Gasteiger charge is -2.06. The molecular weight excluding hydrogens is 267 g/mol. The fourth-order valence-electron chi connectivity index (χ4n) is 1.10. The molecule has 0 saturated carbocycles. The van der Waals surface area contributed by atoms with Crippen LogP contribution in [0.2, 0.25) is 0 Å². The van der Waals surface area contributed by atoms with E-state index < -0.39 is 11.6 Å². The van der Waals surface area contributed by atoms with E-state index in [1.54, 1.807) is 0 Å². The van der Waals surface area contributed by atoms with Crippen LogP contribution in [0.15, 0.2) is 12.1 Å². The van der Waals surface area contributed by atoms with Crippen molar-refractivity contribution in [3.8, 4) is 5.75 Å². The molecule has 1 rings (SSSR count). The fraction of sp³-hybridized carbons (Fsp3) is 0.200. The third-order valence-electron chi connectivity index (χ3n) is 1.86. The predicted octanol–water partition coefficient (Wildman–Crippen LogP) is 2.22. The minimum absolute atomic E-state index is 0.00458. The Kier molecular flexibility index (Phi) is 3.96. The molecule has 0 radical (unpaired) electrons. The molecule has 0 fully saturated rings. The molecule has 80 valence electrons. The zero-order chi connectivity index (χ0) is 11.4. The monoisotopic (exact) mass is 274 g/mol. The molecule has 0 saturated heterocycles. The Bertz CT molecular complexity index is 404. The van der Waals surface area contributed by atoms with Crippen molar-refractivity contribution < 1.29 is 18.7 Å². The number of benzene rings is 1. The van der Waals surface area contributed by atoms with Crippen molar-refractivity contribution in [2.24, 2.45) is 0 Å². The first-order valence-corrected chi connectivity index (χ1v) is 5.18. The summed E-state index contributed by atoms with van der Waals surface area (Å²) in [7, 11) is 1.38. The number of ketones is 1. The topological polar surface area (TPSA) is 43.4 Å². The Morgan fingerprint density at radius 3 is 2.73 bits per heavy atom. The van der Waals surface area contributed by atoms with E-state index in [2.05, 4.69) is 15.9 Å². The molecule has 0 bridgehead atoms. The summed E-state index contributed by atoms with van der Waals surface area (Å²) in [5.41, 5.74) is -0.327. The molecule has 0 atom stereocenters. The highest BCUT2D eigenvalue weighted by Crippen LogP contribution is 2.21. The Labute approximate surface area is 94.4 Å². The highest BCUT2D eigenvalue weighted by Gasteiger charge is 2.16. The van der Waals surface area contributed by atoms with E-state index in [0.29, 0.717) is 6.29 Å². The van der Waals surface area contributed by atoms with E-state index in [9.17, 15) is 14.0 Å². The zero-order valence-electron chi connectivity index (χ0n) is 7.92. The van der Waals surface area contributed by atoms with Crippen LogP contribution in [0.4, 0.5) is 4.39 Å². The molecule has 0 N–H and O–H groups in total. The van der Waals surface area contributed by atoms with E-state index in [-0.39, 0.29) is 22.2 Å². The molecule has 0 unspecified atom stereocenters. The molecule has 1 aromatic rings. The van der Waals surface area contributed by atoms with Gasteiger partial charge in [0.25, 0.3) is 0 Å². The van der Waals surface area contributed by atoms with Gasteiger partial charge in [-0.1, -0.05) is 15.9 Å². The number of ether oxygens (including phenoxy) is 1. The van der Waals surface area contributed by atoms with Crippen molar-refractivity contribution in [2.75, 3.05) is 12.4 Å². The maximum atomic E-state index is 13.5. The van der Waals surface area contributed by atoms with Crippen LogP contribution in [-0.4, -0.2) is 24.5 Å². The number of methoxy groups -OCH3 is 1. The Hall–Kier alpha value is -1.23. The second kappa shape index (κ2) is 5.02. The second-order valence-electron chi connectivity index (χ2n) is 2.75. The van der Waals surface area contributed by atoms with Gasteiger partial charge in [-0.2, -0.15) is 0 Å². The fourth-order valence-corrected chi connectivity index (χ4v) is 1.40. The third kappa shape index (κ3) is 2.41. The van der Waals surface area contributed by atoms with Gasteiger partial charge in [0.05, 0.1) is 23.6 Å². The molecule has 0 aliphatic rings. The number of hydrogen-bond acceptors (Lipinski definition) is 3. The number of carbonyl (C=O) groups is 2. The first-order chi connectivity index (χ1) is 7.13. The van der Waals surface area contributed by atoms with Gasteiger partial charge in [-0.05, 0) is 12.1 Å². The number of hydrogen-bond donors (Lipinski definition) is 0. The summed E-state index contributed by atoms with van der Waals surface area (Å²) in [6.07, 6.45) is 0.350. The van der Waals surface area contributed by atoms with Gasteiger partial charge in [-0.15, -0.1) is 0 Å². The SMILES string of the molecule is COc1cc(C=O)c(F)c(C(=O)CBr)c1. The molecule has 3 nitrogen and oxygen atoms in total. The van der Waals surface area contributed by atoms with E-state index in [1.807, 2.05) is 0 Å². The van der Waals surface area contributed by atoms with Crippen LogP contribution >= 0.6 is 15.9 Å². The molecule has 15 heavy (non-hydrogen) atoms. The van der Waals surface area contributed by atoms with Crippen LogP contribution < -0.4 is 4.74 Å². The van der Waals surface area contributed by atoms with Gasteiger partial charge in [-0.25, -0.2) is 4.39 Å². The van der Waals surface area contributed by atoms with Crippen LogP contribution in [0.25, 0.3) is 0 Å². The lowest BCUT2D eigenvalue weighted by Crippen LogP contribution is -2.06. The highest BCUT2D eigenvalue weighted by atomic mass is 79.9. The van der Waals surface area contributed by atoms with Gasteiger partial charge in [0, 0.05) is 0 Å². The van der Waals surface area contributed by atoms with Gasteiger partial charge in [0.2, 0.25) is 0 Å². The minimum atomic E-state index is -0.810. The molecule has 0 spiro atoms. The summed E-state index contributed by atoms with van der Waals surface area (Å²) >= 11 is 2.93. The summed E-state index contributed by atoms with van der Waals surface area (Å²) in [5, 5.41) is -0.00458. The largest absolute Gasteiger partial charge is 0.497 e. The van der Waals surface area contributed by atoms with Crippen molar-refractivity contribution in [1.82, 2.24) is 0 Å². The van der Waals surface area contributed by atoms with E-state index in [1.165, 1.54) is 19.2 Å².